The standard InChI is InChI=1S/C19H19N3O2.BrH/c1-13-8-10-14(11-9-13)18-15-5-2-3-6-16(15)19(20)22(21-18)12-4-7-17(23)24;/h2-3,5-6,8-11,20H,4,7,12H2,1H3,(H,23,24);1H. The molecule has 0 amide bonds. The maximum atomic E-state index is 10.7. The van der Waals surface area contributed by atoms with Gasteiger partial charge in [-0.15, -0.1) is 4.68 Å². The SMILES string of the molecule is Cc1ccc(-c2n[n+](CCCC(=O)O)c(N)c3ccccc23)cc1.[Br-]. The van der Waals surface area contributed by atoms with Crippen LogP contribution in [-0.4, -0.2) is 16.2 Å². The number of nitrogen functional groups attached to an aromatic ring is 1. The minimum Gasteiger partial charge on any atom is -1.00 e. The molecule has 0 radical (unpaired) electrons. The third-order valence-electron chi connectivity index (χ3n) is 4.04. The fraction of sp³-hybridized carbons (Fsp3) is 0.211. The van der Waals surface area contributed by atoms with Crippen LogP contribution in [0.3, 0.4) is 0 Å². The molecule has 0 atom stereocenters. The minimum atomic E-state index is -0.811. The van der Waals surface area contributed by atoms with E-state index in [1.807, 2.05) is 43.3 Å². The van der Waals surface area contributed by atoms with Crippen LogP contribution < -0.4 is 27.4 Å². The van der Waals surface area contributed by atoms with Crippen LogP contribution in [0.5, 0.6) is 0 Å². The molecule has 0 spiro atoms. The number of nitrogens with zero attached hydrogens (tertiary/aromatic N) is 2. The van der Waals surface area contributed by atoms with Gasteiger partial charge in [0.2, 0.25) is 0 Å². The quantitative estimate of drug-likeness (QED) is 0.587. The summed E-state index contributed by atoms with van der Waals surface area (Å²) in [5.41, 5.74) is 9.32. The van der Waals surface area contributed by atoms with Crippen molar-refractivity contribution in [2.24, 2.45) is 0 Å². The van der Waals surface area contributed by atoms with Gasteiger partial charge in [-0.1, -0.05) is 53.1 Å². The van der Waals surface area contributed by atoms with E-state index < -0.39 is 5.97 Å². The van der Waals surface area contributed by atoms with Gasteiger partial charge in [-0.05, 0) is 19.4 Å². The van der Waals surface area contributed by atoms with E-state index in [9.17, 15) is 4.79 Å². The molecule has 1 heterocycles. The molecule has 1 aromatic heterocycles. The van der Waals surface area contributed by atoms with Gasteiger partial charge in [0, 0.05) is 17.4 Å². The lowest BCUT2D eigenvalue weighted by Gasteiger charge is -2.09. The highest BCUT2D eigenvalue weighted by Gasteiger charge is 2.17. The number of carbonyl (C=O) groups is 1. The summed E-state index contributed by atoms with van der Waals surface area (Å²) in [6.07, 6.45) is 0.587. The van der Waals surface area contributed by atoms with Crippen LogP contribution >= 0.6 is 0 Å². The zero-order chi connectivity index (χ0) is 17.1. The Balaban J connectivity index is 0.00000225. The van der Waals surface area contributed by atoms with E-state index in [2.05, 4.69) is 12.1 Å². The van der Waals surface area contributed by atoms with E-state index >= 15 is 0 Å². The van der Waals surface area contributed by atoms with Crippen LogP contribution in [0.4, 0.5) is 5.82 Å². The average molecular weight is 402 g/mol. The second-order valence-corrected chi connectivity index (χ2v) is 5.87. The first-order valence-corrected chi connectivity index (χ1v) is 7.93. The monoisotopic (exact) mass is 401 g/mol. The molecule has 3 N–H and O–H groups in total. The molecule has 0 aliphatic carbocycles. The number of carboxylic acids is 1. The second kappa shape index (κ2) is 8.07. The van der Waals surface area contributed by atoms with E-state index in [-0.39, 0.29) is 23.4 Å². The molecule has 0 aliphatic rings. The fourth-order valence-corrected chi connectivity index (χ4v) is 2.76. The average Bonchev–Trinajstić information content (AvgIpc) is 2.58. The van der Waals surface area contributed by atoms with Crippen LogP contribution in [0, 0.1) is 6.92 Å². The van der Waals surface area contributed by atoms with Gasteiger partial charge in [-0.3, -0.25) is 10.5 Å². The maximum Gasteiger partial charge on any atom is 0.303 e. The molecule has 0 bridgehead atoms. The summed E-state index contributed by atoms with van der Waals surface area (Å²) in [5, 5.41) is 15.4. The predicted molar refractivity (Wildman–Crippen MR) is 93.4 cm³/mol. The lowest BCUT2D eigenvalue weighted by atomic mass is 10.0. The summed E-state index contributed by atoms with van der Waals surface area (Å²) in [5.74, 6) is -0.249. The van der Waals surface area contributed by atoms with Crippen molar-refractivity contribution in [2.75, 3.05) is 5.73 Å². The van der Waals surface area contributed by atoms with E-state index in [4.69, 9.17) is 15.9 Å². The second-order valence-electron chi connectivity index (χ2n) is 5.87. The first-order valence-electron chi connectivity index (χ1n) is 7.93. The zero-order valence-corrected chi connectivity index (χ0v) is 15.5. The number of benzene rings is 2. The van der Waals surface area contributed by atoms with Gasteiger partial charge in [0.1, 0.15) is 12.2 Å². The normalized spacial score (nSPS) is 10.4. The summed E-state index contributed by atoms with van der Waals surface area (Å²) in [7, 11) is 0. The number of hydrogen-bond acceptors (Lipinski definition) is 3. The molecular formula is C19H20BrN3O2. The minimum absolute atomic E-state index is 0. The number of carboxylic acid groups (broad SMARTS) is 1. The number of fused-ring (bicyclic) bond motifs is 1. The van der Waals surface area contributed by atoms with E-state index in [0.717, 1.165) is 22.0 Å². The Bertz CT molecular complexity index is 895. The van der Waals surface area contributed by atoms with Crippen LogP contribution in [-0.2, 0) is 11.3 Å². The molecule has 5 nitrogen and oxygen atoms in total. The summed E-state index contributed by atoms with van der Waals surface area (Å²) in [6, 6.07) is 16.1. The van der Waals surface area contributed by atoms with Gasteiger partial charge in [-0.2, -0.15) is 0 Å². The first kappa shape index (κ1) is 18.9. The fourth-order valence-electron chi connectivity index (χ4n) is 2.76. The number of aryl methyl sites for hydroxylation is 2. The van der Waals surface area contributed by atoms with Gasteiger partial charge in [-0.25, -0.2) is 0 Å². The van der Waals surface area contributed by atoms with E-state index in [1.54, 1.807) is 4.68 Å². The highest BCUT2D eigenvalue weighted by molar-refractivity contribution is 5.98. The molecule has 0 aliphatic heterocycles. The van der Waals surface area contributed by atoms with Crippen LogP contribution in [0.15, 0.2) is 48.5 Å². The zero-order valence-electron chi connectivity index (χ0n) is 13.9. The molecule has 0 fully saturated rings. The Morgan fingerprint density at radius 1 is 1.12 bits per heavy atom. The molecule has 25 heavy (non-hydrogen) atoms. The summed E-state index contributed by atoms with van der Waals surface area (Å²) < 4.78 is 1.71. The van der Waals surface area contributed by atoms with Crippen molar-refractivity contribution in [3.63, 3.8) is 0 Å². The topological polar surface area (TPSA) is 80.1 Å². The van der Waals surface area contributed by atoms with Crippen molar-refractivity contribution in [1.29, 1.82) is 0 Å². The molecular weight excluding hydrogens is 382 g/mol. The number of aliphatic carboxylic acids is 1. The molecule has 2 aromatic carbocycles. The Kier molecular flexibility index (Phi) is 6.09. The molecule has 3 aromatic rings. The van der Waals surface area contributed by atoms with E-state index in [1.165, 1.54) is 5.56 Å². The van der Waals surface area contributed by atoms with Crippen molar-refractivity contribution in [3.8, 4) is 11.3 Å². The van der Waals surface area contributed by atoms with Gasteiger partial charge in [0.15, 0.2) is 0 Å². The molecule has 3 rings (SSSR count). The van der Waals surface area contributed by atoms with Gasteiger partial charge in [0.25, 0.3) is 0 Å². The van der Waals surface area contributed by atoms with Crippen LogP contribution in [0.25, 0.3) is 22.0 Å². The number of halogens is 1. The Labute approximate surface area is 156 Å². The van der Waals surface area contributed by atoms with Crippen LogP contribution in [0.1, 0.15) is 18.4 Å². The molecule has 130 valence electrons. The summed E-state index contributed by atoms with van der Waals surface area (Å²) >= 11 is 0. The predicted octanol–water partition coefficient (Wildman–Crippen LogP) is -0.0513. The van der Waals surface area contributed by atoms with Crippen molar-refractivity contribution < 1.29 is 31.6 Å². The maximum absolute atomic E-state index is 10.7. The molecule has 6 heteroatoms. The molecule has 0 saturated carbocycles. The third-order valence-corrected chi connectivity index (χ3v) is 4.04. The van der Waals surface area contributed by atoms with Crippen LogP contribution in [0.2, 0.25) is 0 Å². The van der Waals surface area contributed by atoms with Gasteiger partial charge < -0.3 is 22.1 Å². The highest BCUT2D eigenvalue weighted by atomic mass is 79.9. The first-order chi connectivity index (χ1) is 11.6. The molecule has 0 saturated heterocycles. The lowest BCUT2D eigenvalue weighted by molar-refractivity contribution is -0.738. The lowest BCUT2D eigenvalue weighted by Crippen LogP contribution is -3.00. The number of nitrogens with two attached hydrogens (primary N) is 1. The Morgan fingerprint density at radius 3 is 2.40 bits per heavy atom. The third kappa shape index (κ3) is 4.14. The van der Waals surface area contributed by atoms with Crippen molar-refractivity contribution in [2.45, 2.75) is 26.3 Å². The number of rotatable bonds is 5. The Hall–Kier alpha value is -2.47. The highest BCUT2D eigenvalue weighted by Crippen LogP contribution is 2.28. The molecule has 0 unspecified atom stereocenters. The van der Waals surface area contributed by atoms with Crippen molar-refractivity contribution >= 4 is 22.6 Å². The Morgan fingerprint density at radius 2 is 1.76 bits per heavy atom. The summed E-state index contributed by atoms with van der Waals surface area (Å²) in [4.78, 5) is 10.7. The number of hydrogen-bond donors (Lipinski definition) is 2. The smallest absolute Gasteiger partial charge is 0.303 e. The number of aromatic nitrogens is 2. The number of anilines is 1. The van der Waals surface area contributed by atoms with Crippen molar-refractivity contribution in [1.82, 2.24) is 5.10 Å². The van der Waals surface area contributed by atoms with Gasteiger partial charge >= 0.3 is 11.8 Å². The van der Waals surface area contributed by atoms with E-state index in [0.29, 0.717) is 18.8 Å². The largest absolute Gasteiger partial charge is 1.00 e. The summed E-state index contributed by atoms with van der Waals surface area (Å²) in [6.45, 7) is 2.52. The van der Waals surface area contributed by atoms with Crippen molar-refractivity contribution in [3.05, 3.63) is 54.1 Å². The van der Waals surface area contributed by atoms with Gasteiger partial charge in [0.05, 0.1) is 5.39 Å².